The number of benzene rings is 2. The highest BCUT2D eigenvalue weighted by atomic mass is 16.6. The van der Waals surface area contributed by atoms with Gasteiger partial charge in [0.1, 0.15) is 5.75 Å². The van der Waals surface area contributed by atoms with Gasteiger partial charge in [0.25, 0.3) is 5.69 Å². The monoisotopic (exact) mass is 424 g/mol. The third-order valence-electron chi connectivity index (χ3n) is 4.70. The molecule has 160 valence electrons. The zero-order valence-electron chi connectivity index (χ0n) is 17.0. The summed E-state index contributed by atoms with van der Waals surface area (Å²) in [6.07, 6.45) is 0.280. The molecule has 3 rings (SSSR count). The molecule has 0 bridgehead atoms. The van der Waals surface area contributed by atoms with E-state index in [0.717, 1.165) is 4.90 Å². The number of nitrogens with zero attached hydrogens (tertiary/aromatic N) is 4. The minimum absolute atomic E-state index is 0.0100. The predicted octanol–water partition coefficient (Wildman–Crippen LogP) is 4.07. The summed E-state index contributed by atoms with van der Waals surface area (Å²) in [4.78, 5) is 46.7. The molecule has 0 aromatic heterocycles. The zero-order chi connectivity index (χ0) is 22.5. The maximum atomic E-state index is 12.2. The van der Waals surface area contributed by atoms with Crippen LogP contribution in [0.2, 0.25) is 0 Å². The molecule has 1 aliphatic rings. The van der Waals surface area contributed by atoms with E-state index in [1.807, 2.05) is 0 Å². The Bertz CT molecular complexity index is 1040. The average molecular weight is 424 g/mol. The first-order valence-corrected chi connectivity index (χ1v) is 9.56. The summed E-state index contributed by atoms with van der Waals surface area (Å²) >= 11 is 0. The van der Waals surface area contributed by atoms with Crippen LogP contribution in [0.4, 0.5) is 17.1 Å². The number of hydrogen-bond donors (Lipinski definition) is 0. The third kappa shape index (κ3) is 5.35. The second kappa shape index (κ2) is 9.24. The number of nitro benzene ring substituents is 1. The molecule has 1 aliphatic heterocycles. The van der Waals surface area contributed by atoms with Gasteiger partial charge in [0.15, 0.2) is 0 Å². The minimum Gasteiger partial charge on any atom is -0.426 e. The van der Waals surface area contributed by atoms with Crippen LogP contribution in [0.25, 0.3) is 0 Å². The standard InChI is InChI=1S/C21H20N4O6/c1-13-11-16(23-22-15-3-5-17(6-4-15)25(29)30)12-14(2)21(13)31-20(28)9-10-24-18(26)7-8-19(24)27/h3-6,11-12H,7-10H2,1-2H3. The number of imide groups is 1. The molecule has 0 unspecified atom stereocenters. The highest BCUT2D eigenvalue weighted by molar-refractivity contribution is 6.02. The van der Waals surface area contributed by atoms with E-state index in [0.29, 0.717) is 28.3 Å². The summed E-state index contributed by atoms with van der Waals surface area (Å²) in [6, 6.07) is 9.06. The number of carbonyl (C=O) groups is 3. The first-order chi connectivity index (χ1) is 14.7. The van der Waals surface area contributed by atoms with E-state index in [2.05, 4.69) is 10.2 Å². The number of carbonyl (C=O) groups excluding carboxylic acids is 3. The summed E-state index contributed by atoms with van der Waals surface area (Å²) in [5, 5.41) is 18.9. The highest BCUT2D eigenvalue weighted by Gasteiger charge is 2.29. The normalized spacial score (nSPS) is 13.8. The number of nitro groups is 1. The lowest BCUT2D eigenvalue weighted by Crippen LogP contribution is -2.32. The molecule has 0 spiro atoms. The molecule has 1 saturated heterocycles. The molecule has 0 radical (unpaired) electrons. The van der Waals surface area contributed by atoms with Crippen LogP contribution >= 0.6 is 0 Å². The summed E-state index contributed by atoms with van der Waals surface area (Å²) in [5.41, 5.74) is 2.29. The van der Waals surface area contributed by atoms with E-state index in [1.54, 1.807) is 26.0 Å². The lowest BCUT2D eigenvalue weighted by Gasteiger charge is -2.14. The van der Waals surface area contributed by atoms with Gasteiger partial charge >= 0.3 is 5.97 Å². The SMILES string of the molecule is Cc1cc(N=Nc2ccc([N+](=O)[O-])cc2)cc(C)c1OC(=O)CCN1C(=O)CCC1=O. The second-order valence-electron chi connectivity index (χ2n) is 7.05. The lowest BCUT2D eigenvalue weighted by molar-refractivity contribution is -0.384. The van der Waals surface area contributed by atoms with Crippen molar-refractivity contribution >= 4 is 34.8 Å². The van der Waals surface area contributed by atoms with Gasteiger partial charge in [-0.3, -0.25) is 29.4 Å². The molecule has 1 fully saturated rings. The van der Waals surface area contributed by atoms with Crippen molar-refractivity contribution in [2.24, 2.45) is 10.2 Å². The van der Waals surface area contributed by atoms with Gasteiger partial charge in [-0.15, -0.1) is 0 Å². The smallest absolute Gasteiger partial charge is 0.313 e. The molecule has 0 atom stereocenters. The Morgan fingerprint density at radius 3 is 2.13 bits per heavy atom. The first kappa shape index (κ1) is 21.8. The first-order valence-electron chi connectivity index (χ1n) is 9.56. The van der Waals surface area contributed by atoms with Crippen LogP contribution in [-0.4, -0.2) is 34.2 Å². The Balaban J connectivity index is 1.64. The van der Waals surface area contributed by atoms with Crippen LogP contribution in [0.15, 0.2) is 46.6 Å². The fraction of sp³-hybridized carbons (Fsp3) is 0.286. The number of non-ortho nitro benzene ring substituents is 1. The lowest BCUT2D eigenvalue weighted by atomic mass is 10.1. The molecular formula is C21H20N4O6. The van der Waals surface area contributed by atoms with Gasteiger partial charge in [0.2, 0.25) is 11.8 Å². The summed E-state index contributed by atoms with van der Waals surface area (Å²) in [6.45, 7) is 3.53. The van der Waals surface area contributed by atoms with Gasteiger partial charge in [-0.2, -0.15) is 10.2 Å². The van der Waals surface area contributed by atoms with Crippen molar-refractivity contribution < 1.29 is 24.0 Å². The minimum atomic E-state index is -0.543. The van der Waals surface area contributed by atoms with Crippen LogP contribution < -0.4 is 4.74 Å². The number of likely N-dealkylation sites (tertiary alicyclic amines) is 1. The molecule has 1 heterocycles. The average Bonchev–Trinajstić information content (AvgIpc) is 3.05. The van der Waals surface area contributed by atoms with Crippen molar-refractivity contribution in [3.05, 3.63) is 57.6 Å². The number of aryl methyl sites for hydroxylation is 2. The van der Waals surface area contributed by atoms with Crippen LogP contribution in [0.1, 0.15) is 30.4 Å². The Morgan fingerprint density at radius 2 is 1.58 bits per heavy atom. The van der Waals surface area contributed by atoms with E-state index in [9.17, 15) is 24.5 Å². The summed E-state index contributed by atoms with van der Waals surface area (Å²) in [5.74, 6) is -0.696. The van der Waals surface area contributed by atoms with E-state index in [4.69, 9.17) is 4.74 Å². The fourth-order valence-electron chi connectivity index (χ4n) is 3.14. The quantitative estimate of drug-likeness (QED) is 0.164. The maximum Gasteiger partial charge on any atom is 0.313 e. The largest absolute Gasteiger partial charge is 0.426 e. The Kier molecular flexibility index (Phi) is 6.49. The van der Waals surface area contributed by atoms with Crippen LogP contribution in [0, 0.1) is 24.0 Å². The molecule has 0 saturated carbocycles. The third-order valence-corrected chi connectivity index (χ3v) is 4.70. The van der Waals surface area contributed by atoms with Crippen LogP contribution in [-0.2, 0) is 14.4 Å². The van der Waals surface area contributed by atoms with Gasteiger partial charge in [-0.05, 0) is 49.2 Å². The van der Waals surface area contributed by atoms with Crippen molar-refractivity contribution in [1.82, 2.24) is 4.90 Å². The van der Waals surface area contributed by atoms with Gasteiger partial charge in [-0.1, -0.05) is 0 Å². The fourth-order valence-corrected chi connectivity index (χ4v) is 3.14. The number of amides is 2. The molecule has 2 amide bonds. The van der Waals surface area contributed by atoms with E-state index in [-0.39, 0.29) is 43.3 Å². The topological polar surface area (TPSA) is 132 Å². The number of azo groups is 1. The van der Waals surface area contributed by atoms with Gasteiger partial charge in [0, 0.05) is 31.5 Å². The van der Waals surface area contributed by atoms with Gasteiger partial charge in [-0.25, -0.2) is 0 Å². The van der Waals surface area contributed by atoms with Crippen molar-refractivity contribution in [3.8, 4) is 5.75 Å². The van der Waals surface area contributed by atoms with E-state index in [1.165, 1.54) is 24.3 Å². The Morgan fingerprint density at radius 1 is 1.03 bits per heavy atom. The highest BCUT2D eigenvalue weighted by Crippen LogP contribution is 2.30. The van der Waals surface area contributed by atoms with Crippen LogP contribution in [0.5, 0.6) is 5.75 Å². The number of esters is 1. The van der Waals surface area contributed by atoms with Gasteiger partial charge < -0.3 is 4.74 Å². The second-order valence-corrected chi connectivity index (χ2v) is 7.05. The molecular weight excluding hydrogens is 404 g/mol. The summed E-state index contributed by atoms with van der Waals surface area (Å²) < 4.78 is 5.44. The van der Waals surface area contributed by atoms with Crippen molar-refractivity contribution in [1.29, 1.82) is 0 Å². The summed E-state index contributed by atoms with van der Waals surface area (Å²) in [7, 11) is 0. The molecule has 2 aromatic rings. The predicted molar refractivity (Wildman–Crippen MR) is 109 cm³/mol. The molecule has 0 aliphatic carbocycles. The molecule has 10 nitrogen and oxygen atoms in total. The maximum absolute atomic E-state index is 12.2. The Labute approximate surface area is 177 Å². The number of ether oxygens (including phenoxy) is 1. The number of rotatable bonds is 7. The zero-order valence-corrected chi connectivity index (χ0v) is 17.0. The van der Waals surface area contributed by atoms with Crippen molar-refractivity contribution in [2.75, 3.05) is 6.54 Å². The van der Waals surface area contributed by atoms with E-state index < -0.39 is 10.9 Å². The molecule has 10 heteroatoms. The molecule has 0 N–H and O–H groups in total. The van der Waals surface area contributed by atoms with Crippen LogP contribution in [0.3, 0.4) is 0 Å². The van der Waals surface area contributed by atoms with Crippen molar-refractivity contribution in [2.45, 2.75) is 33.1 Å². The number of hydrogen-bond acceptors (Lipinski definition) is 8. The van der Waals surface area contributed by atoms with E-state index >= 15 is 0 Å². The molecule has 31 heavy (non-hydrogen) atoms. The Hall–Kier alpha value is -3.95. The molecule has 2 aromatic carbocycles. The van der Waals surface area contributed by atoms with Crippen molar-refractivity contribution in [3.63, 3.8) is 0 Å². The van der Waals surface area contributed by atoms with Gasteiger partial charge in [0.05, 0.1) is 22.7 Å².